The van der Waals surface area contributed by atoms with Gasteiger partial charge in [0, 0.05) is 51.9 Å². The third-order valence-electron chi connectivity index (χ3n) is 3.47. The Kier molecular flexibility index (Phi) is 10.9. The summed E-state index contributed by atoms with van der Waals surface area (Å²) in [4.78, 5) is 12.7. The maximum absolute atomic E-state index is 5.57. The SMILES string of the molecule is CN=C(NCCCOCC(C)C)NCc1ccc(-n2ccnc2)nc1.I. The fourth-order valence-corrected chi connectivity index (χ4v) is 2.18. The van der Waals surface area contributed by atoms with Crippen LogP contribution in [0.3, 0.4) is 0 Å². The van der Waals surface area contributed by atoms with E-state index in [-0.39, 0.29) is 24.0 Å². The van der Waals surface area contributed by atoms with Crippen molar-refractivity contribution in [3.8, 4) is 5.82 Å². The number of hydrogen-bond donors (Lipinski definition) is 2. The molecular formula is C18H29IN6O. The van der Waals surface area contributed by atoms with E-state index in [4.69, 9.17) is 4.74 Å². The maximum atomic E-state index is 5.57. The Morgan fingerprint density at radius 3 is 2.77 bits per heavy atom. The molecule has 0 aromatic carbocycles. The zero-order valence-corrected chi connectivity index (χ0v) is 18.0. The Balaban J connectivity index is 0.00000338. The number of halogens is 1. The van der Waals surface area contributed by atoms with Crippen molar-refractivity contribution in [1.82, 2.24) is 25.2 Å². The minimum Gasteiger partial charge on any atom is -0.381 e. The Bertz CT molecular complexity index is 628. The predicted molar refractivity (Wildman–Crippen MR) is 115 cm³/mol. The Hall–Kier alpha value is -1.68. The molecule has 0 aliphatic carbocycles. The molecule has 2 aromatic heterocycles. The highest BCUT2D eigenvalue weighted by molar-refractivity contribution is 14.0. The minimum atomic E-state index is 0. The number of nitrogens with one attached hydrogen (secondary N) is 2. The van der Waals surface area contributed by atoms with Gasteiger partial charge in [-0.1, -0.05) is 19.9 Å². The standard InChI is InChI=1S/C18H28N6O.HI/c1-15(2)13-25-10-4-7-21-18(19-3)23-12-16-5-6-17(22-11-16)24-9-8-20-14-24;/h5-6,8-9,11,14-15H,4,7,10,12-13H2,1-3H3,(H2,19,21,23);1H. The summed E-state index contributed by atoms with van der Waals surface area (Å²) in [6.07, 6.45) is 8.15. The number of guanidine groups is 1. The molecule has 0 aliphatic heterocycles. The number of rotatable bonds is 9. The summed E-state index contributed by atoms with van der Waals surface area (Å²) < 4.78 is 7.44. The molecule has 0 atom stereocenters. The molecule has 2 N–H and O–H groups in total. The number of nitrogens with zero attached hydrogens (tertiary/aromatic N) is 4. The predicted octanol–water partition coefficient (Wildman–Crippen LogP) is 2.61. The van der Waals surface area contributed by atoms with Crippen LogP contribution in [0.15, 0.2) is 42.0 Å². The van der Waals surface area contributed by atoms with Crippen LogP contribution in [0.1, 0.15) is 25.8 Å². The summed E-state index contributed by atoms with van der Waals surface area (Å²) in [6, 6.07) is 4.02. The smallest absolute Gasteiger partial charge is 0.191 e. The zero-order valence-electron chi connectivity index (χ0n) is 15.7. The average Bonchev–Trinajstić information content (AvgIpc) is 3.15. The third-order valence-corrected chi connectivity index (χ3v) is 3.47. The first-order valence-electron chi connectivity index (χ1n) is 8.64. The first-order chi connectivity index (χ1) is 12.2. The van der Waals surface area contributed by atoms with E-state index < -0.39 is 0 Å². The van der Waals surface area contributed by atoms with Crippen LogP contribution in [0.4, 0.5) is 0 Å². The molecule has 0 saturated heterocycles. The van der Waals surface area contributed by atoms with Gasteiger partial charge in [-0.05, 0) is 24.0 Å². The Morgan fingerprint density at radius 2 is 2.15 bits per heavy atom. The van der Waals surface area contributed by atoms with Gasteiger partial charge in [0.05, 0.1) is 0 Å². The van der Waals surface area contributed by atoms with Crippen LogP contribution < -0.4 is 10.6 Å². The van der Waals surface area contributed by atoms with Gasteiger partial charge in [-0.3, -0.25) is 9.56 Å². The van der Waals surface area contributed by atoms with Gasteiger partial charge < -0.3 is 15.4 Å². The summed E-state index contributed by atoms with van der Waals surface area (Å²) in [5.74, 6) is 2.21. The molecular weight excluding hydrogens is 443 g/mol. The van der Waals surface area contributed by atoms with Crippen molar-refractivity contribution in [3.63, 3.8) is 0 Å². The number of aliphatic imine (C=N–C) groups is 1. The van der Waals surface area contributed by atoms with Crippen molar-refractivity contribution in [1.29, 1.82) is 0 Å². The van der Waals surface area contributed by atoms with Gasteiger partial charge in [-0.2, -0.15) is 0 Å². The first kappa shape index (κ1) is 22.4. The highest BCUT2D eigenvalue weighted by Gasteiger charge is 2.01. The van der Waals surface area contributed by atoms with Gasteiger partial charge in [0.1, 0.15) is 12.1 Å². The second kappa shape index (κ2) is 12.6. The normalized spacial score (nSPS) is 11.3. The molecule has 26 heavy (non-hydrogen) atoms. The van der Waals surface area contributed by atoms with Crippen LogP contribution in [-0.4, -0.2) is 47.3 Å². The van der Waals surface area contributed by atoms with Crippen molar-refractivity contribution < 1.29 is 4.74 Å². The number of hydrogen-bond acceptors (Lipinski definition) is 4. The van der Waals surface area contributed by atoms with E-state index in [1.165, 1.54) is 0 Å². The molecule has 2 rings (SSSR count). The van der Waals surface area contributed by atoms with E-state index in [2.05, 4.69) is 39.4 Å². The number of imidazole rings is 1. The van der Waals surface area contributed by atoms with E-state index in [0.717, 1.165) is 43.5 Å². The van der Waals surface area contributed by atoms with Gasteiger partial charge in [-0.25, -0.2) is 9.97 Å². The van der Waals surface area contributed by atoms with Crippen molar-refractivity contribution >= 4 is 29.9 Å². The molecule has 7 nitrogen and oxygen atoms in total. The van der Waals surface area contributed by atoms with E-state index >= 15 is 0 Å². The van der Waals surface area contributed by atoms with Gasteiger partial charge in [0.15, 0.2) is 5.96 Å². The Morgan fingerprint density at radius 1 is 1.31 bits per heavy atom. The molecule has 0 amide bonds. The lowest BCUT2D eigenvalue weighted by atomic mass is 10.2. The molecule has 0 bridgehead atoms. The summed E-state index contributed by atoms with van der Waals surface area (Å²) in [5, 5.41) is 6.58. The summed E-state index contributed by atoms with van der Waals surface area (Å²) in [7, 11) is 1.77. The first-order valence-corrected chi connectivity index (χ1v) is 8.64. The van der Waals surface area contributed by atoms with Crippen LogP contribution in [-0.2, 0) is 11.3 Å². The number of pyridine rings is 1. The molecule has 2 heterocycles. The summed E-state index contributed by atoms with van der Waals surface area (Å²) in [6.45, 7) is 7.38. The Labute approximate surface area is 172 Å². The lowest BCUT2D eigenvalue weighted by Crippen LogP contribution is -2.37. The molecule has 0 fully saturated rings. The monoisotopic (exact) mass is 472 g/mol. The van der Waals surface area contributed by atoms with Crippen molar-refractivity contribution in [2.75, 3.05) is 26.8 Å². The lowest BCUT2D eigenvalue weighted by molar-refractivity contribution is 0.108. The topological polar surface area (TPSA) is 76.4 Å². The highest BCUT2D eigenvalue weighted by atomic mass is 127. The lowest BCUT2D eigenvalue weighted by Gasteiger charge is -2.12. The van der Waals surface area contributed by atoms with Gasteiger partial charge in [-0.15, -0.1) is 24.0 Å². The van der Waals surface area contributed by atoms with Crippen LogP contribution >= 0.6 is 24.0 Å². The molecule has 0 spiro atoms. The second-order valence-electron chi connectivity index (χ2n) is 6.17. The average molecular weight is 472 g/mol. The van der Waals surface area contributed by atoms with Crippen LogP contribution in [0, 0.1) is 5.92 Å². The van der Waals surface area contributed by atoms with Crippen LogP contribution in [0.2, 0.25) is 0 Å². The molecule has 0 saturated carbocycles. The second-order valence-corrected chi connectivity index (χ2v) is 6.17. The summed E-state index contributed by atoms with van der Waals surface area (Å²) >= 11 is 0. The van der Waals surface area contributed by atoms with Crippen molar-refractivity contribution in [2.24, 2.45) is 10.9 Å². The van der Waals surface area contributed by atoms with E-state index in [1.54, 1.807) is 19.6 Å². The fraction of sp³-hybridized carbons (Fsp3) is 0.500. The van der Waals surface area contributed by atoms with E-state index in [9.17, 15) is 0 Å². The largest absolute Gasteiger partial charge is 0.381 e. The number of aromatic nitrogens is 3. The highest BCUT2D eigenvalue weighted by Crippen LogP contribution is 2.05. The zero-order chi connectivity index (χ0) is 17.9. The molecule has 2 aromatic rings. The van der Waals surface area contributed by atoms with Crippen LogP contribution in [0.5, 0.6) is 0 Å². The quantitative estimate of drug-likeness (QED) is 0.254. The van der Waals surface area contributed by atoms with Crippen LogP contribution in [0.25, 0.3) is 5.82 Å². The maximum Gasteiger partial charge on any atom is 0.191 e. The molecule has 0 aliphatic rings. The molecule has 8 heteroatoms. The number of ether oxygens (including phenoxy) is 1. The van der Waals surface area contributed by atoms with E-state index in [0.29, 0.717) is 12.5 Å². The van der Waals surface area contributed by atoms with Crippen molar-refractivity contribution in [2.45, 2.75) is 26.8 Å². The third kappa shape index (κ3) is 8.13. The molecule has 0 radical (unpaired) electrons. The minimum absolute atomic E-state index is 0. The molecule has 0 unspecified atom stereocenters. The fourth-order valence-electron chi connectivity index (χ4n) is 2.18. The summed E-state index contributed by atoms with van der Waals surface area (Å²) in [5.41, 5.74) is 1.09. The van der Waals surface area contributed by atoms with E-state index in [1.807, 2.05) is 29.1 Å². The van der Waals surface area contributed by atoms with Gasteiger partial charge in [0.2, 0.25) is 0 Å². The van der Waals surface area contributed by atoms with Gasteiger partial charge >= 0.3 is 0 Å². The van der Waals surface area contributed by atoms with Gasteiger partial charge in [0.25, 0.3) is 0 Å². The van der Waals surface area contributed by atoms with Crippen molar-refractivity contribution in [3.05, 3.63) is 42.6 Å². The molecule has 144 valence electrons.